The fraction of sp³-hybridized carbons (Fsp3) is 0.333. The maximum Gasteiger partial charge on any atom is 0.339 e. The van der Waals surface area contributed by atoms with Crippen LogP contribution in [0.1, 0.15) is 24.2 Å². The van der Waals surface area contributed by atoms with Crippen LogP contribution in [0.4, 0.5) is 11.4 Å². The van der Waals surface area contributed by atoms with Crippen LogP contribution < -0.4 is 15.5 Å². The molecule has 2 aromatic carbocycles. The molecule has 1 aliphatic rings. The van der Waals surface area contributed by atoms with E-state index in [9.17, 15) is 19.2 Å². The average Bonchev–Trinajstić information content (AvgIpc) is 2.82. The van der Waals surface area contributed by atoms with Crippen LogP contribution in [0.3, 0.4) is 0 Å². The fourth-order valence-electron chi connectivity index (χ4n) is 3.42. The Morgan fingerprint density at radius 3 is 2.56 bits per heavy atom. The van der Waals surface area contributed by atoms with Gasteiger partial charge >= 0.3 is 5.97 Å². The summed E-state index contributed by atoms with van der Waals surface area (Å²) in [5.41, 5.74) is 0.128. The monoisotopic (exact) mass is 485 g/mol. The predicted octanol–water partition coefficient (Wildman–Crippen LogP) is 2.46. The summed E-state index contributed by atoms with van der Waals surface area (Å²) in [6, 6.07) is 13.7. The second-order valence-electron chi connectivity index (χ2n) is 7.96. The zero-order chi connectivity index (χ0) is 24.7. The summed E-state index contributed by atoms with van der Waals surface area (Å²) < 4.78 is 10.2. The molecule has 34 heavy (non-hydrogen) atoms. The zero-order valence-electron chi connectivity index (χ0n) is 19.3. The minimum Gasteiger partial charge on any atom is -0.452 e. The van der Waals surface area contributed by atoms with Gasteiger partial charge in [-0.25, -0.2) is 4.79 Å². The van der Waals surface area contributed by atoms with E-state index in [0.29, 0.717) is 29.4 Å². The molecule has 0 aliphatic carbocycles. The molecule has 3 rings (SSSR count). The van der Waals surface area contributed by atoms with Gasteiger partial charge in [0.1, 0.15) is 5.54 Å². The van der Waals surface area contributed by atoms with Crippen LogP contribution in [0.2, 0.25) is 0 Å². The van der Waals surface area contributed by atoms with Gasteiger partial charge in [-0.15, -0.1) is 11.8 Å². The highest BCUT2D eigenvalue weighted by Crippen LogP contribution is 2.36. The van der Waals surface area contributed by atoms with Crippen LogP contribution in [0.15, 0.2) is 53.4 Å². The molecule has 3 amide bonds. The van der Waals surface area contributed by atoms with Gasteiger partial charge in [-0.3, -0.25) is 19.3 Å². The quantitative estimate of drug-likeness (QED) is 0.319. The lowest BCUT2D eigenvalue weighted by Gasteiger charge is -2.41. The number of hydrogen-bond acceptors (Lipinski definition) is 7. The standard InChI is InChI=1S/C24H27N3O6S/c1-24(2)23(31)26-17-9-5-6-10-18(17)27(24)21(29)14-33-22(30)16-8-4-7-11-19(16)34-15-20(28)25-12-13-32-3/h4-11H,12-15H2,1-3H3,(H,25,28)(H,26,31). The Morgan fingerprint density at radius 2 is 1.79 bits per heavy atom. The molecule has 2 N–H and O–H groups in total. The summed E-state index contributed by atoms with van der Waals surface area (Å²) in [5.74, 6) is -1.63. The number of nitrogens with zero attached hydrogens (tertiary/aromatic N) is 1. The summed E-state index contributed by atoms with van der Waals surface area (Å²) >= 11 is 1.19. The zero-order valence-corrected chi connectivity index (χ0v) is 20.1. The Balaban J connectivity index is 1.67. The number of thioether (sulfide) groups is 1. The van der Waals surface area contributed by atoms with Gasteiger partial charge in [-0.2, -0.15) is 0 Å². The van der Waals surface area contributed by atoms with Crippen molar-refractivity contribution in [2.75, 3.05) is 42.8 Å². The third-order valence-electron chi connectivity index (χ3n) is 5.18. The number of benzene rings is 2. The molecule has 0 atom stereocenters. The summed E-state index contributed by atoms with van der Waals surface area (Å²) in [7, 11) is 1.55. The number of ether oxygens (including phenoxy) is 2. The molecule has 0 spiro atoms. The van der Waals surface area contributed by atoms with Crippen LogP contribution in [-0.4, -0.2) is 61.9 Å². The number of amides is 3. The second kappa shape index (κ2) is 11.2. The highest BCUT2D eigenvalue weighted by atomic mass is 32.2. The molecule has 10 heteroatoms. The van der Waals surface area contributed by atoms with Crippen molar-refractivity contribution in [3.05, 3.63) is 54.1 Å². The smallest absolute Gasteiger partial charge is 0.339 e. The number of fused-ring (bicyclic) bond motifs is 1. The number of anilines is 2. The molecule has 1 aliphatic heterocycles. The molecule has 0 unspecified atom stereocenters. The van der Waals surface area contributed by atoms with E-state index >= 15 is 0 Å². The fourth-order valence-corrected chi connectivity index (χ4v) is 4.29. The topological polar surface area (TPSA) is 114 Å². The van der Waals surface area contributed by atoms with Crippen molar-refractivity contribution in [1.29, 1.82) is 0 Å². The van der Waals surface area contributed by atoms with Crippen molar-refractivity contribution in [2.24, 2.45) is 0 Å². The van der Waals surface area contributed by atoms with Crippen LogP contribution >= 0.6 is 11.8 Å². The van der Waals surface area contributed by atoms with Crippen molar-refractivity contribution >= 4 is 46.8 Å². The van der Waals surface area contributed by atoms with E-state index < -0.39 is 24.0 Å². The summed E-state index contributed by atoms with van der Waals surface area (Å²) in [6.07, 6.45) is 0. The third-order valence-corrected chi connectivity index (χ3v) is 6.25. The molecule has 0 bridgehead atoms. The number of hydrogen-bond donors (Lipinski definition) is 2. The Labute approximate surface area is 202 Å². The van der Waals surface area contributed by atoms with Crippen LogP contribution in [0.5, 0.6) is 0 Å². The molecule has 2 aromatic rings. The van der Waals surface area contributed by atoms with Gasteiger partial charge < -0.3 is 20.1 Å². The molecule has 0 fully saturated rings. The van der Waals surface area contributed by atoms with Crippen molar-refractivity contribution in [2.45, 2.75) is 24.3 Å². The highest BCUT2D eigenvalue weighted by Gasteiger charge is 2.43. The van der Waals surface area contributed by atoms with Crippen LogP contribution in [-0.2, 0) is 23.9 Å². The molecule has 9 nitrogen and oxygen atoms in total. The highest BCUT2D eigenvalue weighted by molar-refractivity contribution is 8.00. The number of carbonyl (C=O) groups excluding carboxylic acids is 4. The van der Waals surface area contributed by atoms with Gasteiger partial charge in [-0.05, 0) is 38.1 Å². The summed E-state index contributed by atoms with van der Waals surface area (Å²) in [4.78, 5) is 52.3. The minimum atomic E-state index is -1.16. The van der Waals surface area contributed by atoms with Gasteiger partial charge in [0.25, 0.3) is 5.91 Å². The Morgan fingerprint density at radius 1 is 1.09 bits per heavy atom. The second-order valence-corrected chi connectivity index (χ2v) is 8.98. The van der Waals surface area contributed by atoms with E-state index in [1.165, 1.54) is 16.7 Å². The van der Waals surface area contributed by atoms with Gasteiger partial charge in [0.2, 0.25) is 11.8 Å². The lowest BCUT2D eigenvalue weighted by molar-refractivity contribution is -0.128. The Kier molecular flexibility index (Phi) is 8.30. The molecule has 180 valence electrons. The summed E-state index contributed by atoms with van der Waals surface area (Å²) in [6.45, 7) is 3.52. The van der Waals surface area contributed by atoms with Gasteiger partial charge in [0.15, 0.2) is 6.61 Å². The number of esters is 1. The van der Waals surface area contributed by atoms with E-state index in [2.05, 4.69) is 10.6 Å². The van der Waals surface area contributed by atoms with Crippen molar-refractivity contribution in [3.63, 3.8) is 0 Å². The van der Waals surface area contributed by atoms with Gasteiger partial charge in [0.05, 0.1) is 29.3 Å². The summed E-state index contributed by atoms with van der Waals surface area (Å²) in [5, 5.41) is 5.50. The number of para-hydroxylation sites is 2. The first-order chi connectivity index (χ1) is 16.3. The first-order valence-corrected chi connectivity index (χ1v) is 11.6. The molecule has 1 heterocycles. The molecule has 0 saturated heterocycles. The van der Waals surface area contributed by atoms with E-state index in [0.717, 1.165) is 0 Å². The van der Waals surface area contributed by atoms with Gasteiger partial charge in [0, 0.05) is 18.6 Å². The number of methoxy groups -OCH3 is 1. The predicted molar refractivity (Wildman–Crippen MR) is 129 cm³/mol. The molecular weight excluding hydrogens is 458 g/mol. The van der Waals surface area contributed by atoms with E-state index in [4.69, 9.17) is 9.47 Å². The van der Waals surface area contributed by atoms with Crippen LogP contribution in [0.25, 0.3) is 0 Å². The SMILES string of the molecule is COCCNC(=O)CSc1ccccc1C(=O)OCC(=O)N1c2ccccc2NC(=O)C1(C)C. The van der Waals surface area contributed by atoms with Crippen LogP contribution in [0, 0.1) is 0 Å². The van der Waals surface area contributed by atoms with Crippen molar-refractivity contribution < 1.29 is 28.7 Å². The third kappa shape index (κ3) is 5.75. The van der Waals surface area contributed by atoms with Crippen molar-refractivity contribution in [3.8, 4) is 0 Å². The molecule has 0 aromatic heterocycles. The molecule has 0 saturated carbocycles. The Hall–Kier alpha value is -3.37. The van der Waals surface area contributed by atoms with E-state index in [1.807, 2.05) is 0 Å². The lowest BCUT2D eigenvalue weighted by Crippen LogP contribution is -2.59. The molecular formula is C24H27N3O6S. The average molecular weight is 486 g/mol. The van der Waals surface area contributed by atoms with Crippen molar-refractivity contribution in [1.82, 2.24) is 5.32 Å². The lowest BCUT2D eigenvalue weighted by atomic mass is 9.96. The first-order valence-electron chi connectivity index (χ1n) is 10.6. The Bertz CT molecular complexity index is 1090. The normalized spacial score (nSPS) is 14.1. The molecule has 0 radical (unpaired) electrons. The largest absolute Gasteiger partial charge is 0.452 e. The first kappa shape index (κ1) is 25.3. The van der Waals surface area contributed by atoms with E-state index in [-0.39, 0.29) is 23.1 Å². The number of nitrogens with one attached hydrogen (secondary N) is 2. The number of rotatable bonds is 9. The maximum absolute atomic E-state index is 13.1. The maximum atomic E-state index is 13.1. The number of carbonyl (C=O) groups is 4. The van der Waals surface area contributed by atoms with Gasteiger partial charge in [-0.1, -0.05) is 24.3 Å². The van der Waals surface area contributed by atoms with E-state index in [1.54, 1.807) is 69.5 Å². The minimum absolute atomic E-state index is 0.112.